The van der Waals surface area contributed by atoms with E-state index < -0.39 is 0 Å². The highest BCUT2D eigenvalue weighted by molar-refractivity contribution is 4.99. The Balaban J connectivity index is 4.70. The number of allylic oxidation sites excluding steroid dienone is 1. The molecule has 0 aromatic rings. The van der Waals surface area contributed by atoms with Gasteiger partial charge in [-0.05, 0) is 38.7 Å². The van der Waals surface area contributed by atoms with Crippen LogP contribution in [0.2, 0.25) is 0 Å². The maximum atomic E-state index is 2.55. The summed E-state index contributed by atoms with van der Waals surface area (Å²) >= 11 is 0. The zero-order valence-corrected chi connectivity index (χ0v) is 12.6. The summed E-state index contributed by atoms with van der Waals surface area (Å²) in [6.07, 6.45) is 7.19. The molecule has 0 N–H and O–H groups in total. The predicted octanol–water partition coefficient (Wildman–Crippen LogP) is 4.09. The molecule has 0 saturated carbocycles. The number of nitrogens with zero attached hydrogens (tertiary/aromatic N) is 2. The van der Waals surface area contributed by atoms with Gasteiger partial charge in [0.2, 0.25) is 0 Å². The predicted molar refractivity (Wildman–Crippen MR) is 78.1 cm³/mol. The molecule has 2 nitrogen and oxygen atoms in total. The van der Waals surface area contributed by atoms with E-state index in [1.165, 1.54) is 57.7 Å². The summed E-state index contributed by atoms with van der Waals surface area (Å²) in [6.45, 7) is 15.9. The number of hydrogen-bond acceptors (Lipinski definition) is 2. The summed E-state index contributed by atoms with van der Waals surface area (Å²) < 4.78 is 0. The zero-order chi connectivity index (χ0) is 13.1. The molecule has 0 amide bonds. The SMILES string of the molecule is CC=C(N(CCC)CCC)N(CCC)CCC. The molecule has 0 aromatic carbocycles. The Morgan fingerprint density at radius 2 is 1.00 bits per heavy atom. The van der Waals surface area contributed by atoms with Gasteiger partial charge in [-0.15, -0.1) is 0 Å². The fraction of sp³-hybridized carbons (Fsp3) is 0.867. The van der Waals surface area contributed by atoms with Gasteiger partial charge in [0, 0.05) is 26.2 Å². The minimum absolute atomic E-state index is 1.18. The zero-order valence-electron chi connectivity index (χ0n) is 12.6. The van der Waals surface area contributed by atoms with Crippen molar-refractivity contribution >= 4 is 0 Å². The molecule has 0 aliphatic rings. The van der Waals surface area contributed by atoms with Crippen molar-refractivity contribution in [3.05, 3.63) is 11.9 Å². The van der Waals surface area contributed by atoms with Crippen molar-refractivity contribution in [2.45, 2.75) is 60.3 Å². The molecule has 0 spiro atoms. The lowest BCUT2D eigenvalue weighted by Gasteiger charge is -2.36. The van der Waals surface area contributed by atoms with E-state index in [4.69, 9.17) is 0 Å². The van der Waals surface area contributed by atoms with Crippen LogP contribution in [0, 0.1) is 0 Å². The minimum atomic E-state index is 1.18. The van der Waals surface area contributed by atoms with Crippen LogP contribution in [0.4, 0.5) is 0 Å². The average Bonchev–Trinajstić information content (AvgIpc) is 2.31. The fourth-order valence-electron chi connectivity index (χ4n) is 2.33. The van der Waals surface area contributed by atoms with Crippen LogP contribution in [0.25, 0.3) is 0 Å². The third-order valence-electron chi connectivity index (χ3n) is 2.88. The van der Waals surface area contributed by atoms with Crippen molar-refractivity contribution < 1.29 is 0 Å². The molecule has 2 heteroatoms. The van der Waals surface area contributed by atoms with Crippen LogP contribution in [0.15, 0.2) is 11.9 Å². The van der Waals surface area contributed by atoms with Gasteiger partial charge >= 0.3 is 0 Å². The first kappa shape index (κ1) is 16.3. The molecule has 0 aromatic heterocycles. The van der Waals surface area contributed by atoms with E-state index in [2.05, 4.69) is 50.5 Å². The Hall–Kier alpha value is -0.660. The van der Waals surface area contributed by atoms with Crippen molar-refractivity contribution in [2.75, 3.05) is 26.2 Å². The summed E-state index contributed by atoms with van der Waals surface area (Å²) in [4.78, 5) is 5.09. The monoisotopic (exact) mass is 240 g/mol. The highest BCUT2D eigenvalue weighted by atomic mass is 15.3. The average molecular weight is 240 g/mol. The van der Waals surface area contributed by atoms with Crippen molar-refractivity contribution in [3.63, 3.8) is 0 Å². The normalized spacial score (nSPS) is 10.2. The molecule has 0 saturated heterocycles. The van der Waals surface area contributed by atoms with Crippen LogP contribution >= 0.6 is 0 Å². The minimum Gasteiger partial charge on any atom is -0.359 e. The summed E-state index contributed by atoms with van der Waals surface area (Å²) in [5.41, 5.74) is 0. The lowest BCUT2D eigenvalue weighted by Crippen LogP contribution is -2.37. The first-order valence-corrected chi connectivity index (χ1v) is 7.41. The third-order valence-corrected chi connectivity index (χ3v) is 2.88. The lowest BCUT2D eigenvalue weighted by atomic mass is 10.3. The van der Waals surface area contributed by atoms with Crippen LogP contribution in [0.3, 0.4) is 0 Å². The molecule has 17 heavy (non-hydrogen) atoms. The third kappa shape index (κ3) is 5.99. The van der Waals surface area contributed by atoms with E-state index in [0.29, 0.717) is 0 Å². The van der Waals surface area contributed by atoms with Gasteiger partial charge in [0.05, 0.1) is 5.82 Å². The van der Waals surface area contributed by atoms with Crippen LogP contribution in [-0.2, 0) is 0 Å². The number of rotatable bonds is 10. The van der Waals surface area contributed by atoms with Gasteiger partial charge in [-0.3, -0.25) is 0 Å². The van der Waals surface area contributed by atoms with Gasteiger partial charge in [-0.2, -0.15) is 0 Å². The van der Waals surface area contributed by atoms with Crippen LogP contribution < -0.4 is 0 Å². The highest BCUT2D eigenvalue weighted by Crippen LogP contribution is 2.13. The van der Waals surface area contributed by atoms with Crippen molar-refractivity contribution in [1.82, 2.24) is 9.80 Å². The van der Waals surface area contributed by atoms with Gasteiger partial charge in [0.25, 0.3) is 0 Å². The van der Waals surface area contributed by atoms with Gasteiger partial charge < -0.3 is 9.80 Å². The Bertz CT molecular complexity index is 169. The van der Waals surface area contributed by atoms with Gasteiger partial charge in [0.1, 0.15) is 0 Å². The summed E-state index contributed by atoms with van der Waals surface area (Å²) in [5, 5.41) is 0. The largest absolute Gasteiger partial charge is 0.359 e. The standard InChI is InChI=1S/C15H32N2/c1-6-11-16(12-7-2)15(10-5)17(13-8-3)14-9-4/h10H,6-9,11-14H2,1-5H3. The molecule has 0 bridgehead atoms. The molecular formula is C15H32N2. The van der Waals surface area contributed by atoms with E-state index >= 15 is 0 Å². The summed E-state index contributed by atoms with van der Waals surface area (Å²) in [6, 6.07) is 0. The van der Waals surface area contributed by atoms with E-state index in [0.717, 1.165) is 0 Å². The molecule has 0 fully saturated rings. The second-order valence-electron chi connectivity index (χ2n) is 4.62. The van der Waals surface area contributed by atoms with Gasteiger partial charge in [-0.25, -0.2) is 0 Å². The maximum absolute atomic E-state index is 2.55. The van der Waals surface area contributed by atoms with E-state index in [-0.39, 0.29) is 0 Å². The fourth-order valence-corrected chi connectivity index (χ4v) is 2.33. The van der Waals surface area contributed by atoms with Gasteiger partial charge in [0.15, 0.2) is 0 Å². The maximum Gasteiger partial charge on any atom is 0.0995 e. The van der Waals surface area contributed by atoms with Crippen molar-refractivity contribution in [1.29, 1.82) is 0 Å². The Morgan fingerprint density at radius 3 is 1.18 bits per heavy atom. The first-order valence-electron chi connectivity index (χ1n) is 7.41. The highest BCUT2D eigenvalue weighted by Gasteiger charge is 2.13. The molecule has 0 aliphatic heterocycles. The Kier molecular flexibility index (Phi) is 10.1. The number of hydrogen-bond donors (Lipinski definition) is 0. The first-order chi connectivity index (χ1) is 8.24. The molecule has 0 heterocycles. The molecule has 102 valence electrons. The topological polar surface area (TPSA) is 6.48 Å². The summed E-state index contributed by atoms with van der Waals surface area (Å²) in [5.74, 6) is 1.44. The van der Waals surface area contributed by atoms with E-state index in [1.807, 2.05) is 0 Å². The van der Waals surface area contributed by atoms with E-state index in [9.17, 15) is 0 Å². The smallest absolute Gasteiger partial charge is 0.0995 e. The molecule has 0 atom stereocenters. The Morgan fingerprint density at radius 1 is 0.706 bits per heavy atom. The lowest BCUT2D eigenvalue weighted by molar-refractivity contribution is 0.207. The summed E-state index contributed by atoms with van der Waals surface area (Å²) in [7, 11) is 0. The van der Waals surface area contributed by atoms with Crippen LogP contribution in [-0.4, -0.2) is 36.0 Å². The molecule has 0 radical (unpaired) electrons. The molecular weight excluding hydrogens is 208 g/mol. The second-order valence-corrected chi connectivity index (χ2v) is 4.62. The van der Waals surface area contributed by atoms with E-state index in [1.54, 1.807) is 0 Å². The van der Waals surface area contributed by atoms with Crippen LogP contribution in [0.5, 0.6) is 0 Å². The molecule has 0 rings (SSSR count). The van der Waals surface area contributed by atoms with Gasteiger partial charge in [-0.1, -0.05) is 27.7 Å². The van der Waals surface area contributed by atoms with Crippen molar-refractivity contribution in [2.24, 2.45) is 0 Å². The van der Waals surface area contributed by atoms with Crippen LogP contribution in [0.1, 0.15) is 60.3 Å². The molecule has 0 aliphatic carbocycles. The Labute approximate surface area is 109 Å². The second kappa shape index (κ2) is 10.5. The quantitative estimate of drug-likeness (QED) is 0.567. The molecule has 0 unspecified atom stereocenters. The van der Waals surface area contributed by atoms with Crippen molar-refractivity contribution in [3.8, 4) is 0 Å².